The van der Waals surface area contributed by atoms with E-state index in [4.69, 9.17) is 9.72 Å². The smallest absolute Gasteiger partial charge is 0.219 e. The van der Waals surface area contributed by atoms with Gasteiger partial charge < -0.3 is 9.84 Å². The molecule has 8 aromatic rings. The van der Waals surface area contributed by atoms with Crippen LogP contribution in [0.25, 0.3) is 60.1 Å². The van der Waals surface area contributed by atoms with E-state index in [1.54, 1.807) is 0 Å². The summed E-state index contributed by atoms with van der Waals surface area (Å²) in [6, 6.07) is 38.3. The molecule has 0 aliphatic rings. The van der Waals surface area contributed by atoms with E-state index in [0.717, 1.165) is 54.6 Å². The van der Waals surface area contributed by atoms with E-state index >= 15 is 0 Å². The number of para-hydroxylation sites is 1. The lowest BCUT2D eigenvalue weighted by Crippen LogP contribution is -1.97. The Balaban J connectivity index is 1.28. The summed E-state index contributed by atoms with van der Waals surface area (Å²) in [5.41, 5.74) is 2.58. The van der Waals surface area contributed by atoms with Gasteiger partial charge in [-0.25, -0.2) is 9.97 Å². The van der Waals surface area contributed by atoms with Crippen LogP contribution in [0.3, 0.4) is 0 Å². The van der Waals surface area contributed by atoms with Gasteiger partial charge in [0.05, 0.1) is 11.0 Å². The highest BCUT2D eigenvalue weighted by molar-refractivity contribution is 6.09. The molecular weight excluding hydrogens is 482 g/mol. The second-order valence-corrected chi connectivity index (χ2v) is 9.69. The number of benzene rings is 5. The average Bonchev–Trinajstić information content (AvgIpc) is 3.31. The van der Waals surface area contributed by atoms with Crippen molar-refractivity contribution in [1.82, 2.24) is 14.5 Å². The molecule has 3 heterocycles. The molecule has 5 heteroatoms. The first-order valence-corrected chi connectivity index (χ1v) is 12.8. The van der Waals surface area contributed by atoms with Crippen LogP contribution in [-0.2, 0) is 0 Å². The van der Waals surface area contributed by atoms with Crippen molar-refractivity contribution in [2.24, 2.45) is 0 Å². The normalized spacial score (nSPS) is 11.7. The van der Waals surface area contributed by atoms with Gasteiger partial charge in [0.1, 0.15) is 22.8 Å². The van der Waals surface area contributed by atoms with Gasteiger partial charge in [-0.3, -0.25) is 4.57 Å². The van der Waals surface area contributed by atoms with Gasteiger partial charge in [0.25, 0.3) is 0 Å². The lowest BCUT2D eigenvalue weighted by atomic mass is 10.1. The Kier molecular flexibility index (Phi) is 4.60. The van der Waals surface area contributed by atoms with E-state index in [1.807, 2.05) is 79.0 Å². The molecule has 8 rings (SSSR count). The van der Waals surface area contributed by atoms with Gasteiger partial charge in [0.2, 0.25) is 5.88 Å². The highest BCUT2D eigenvalue weighted by Crippen LogP contribution is 2.37. The van der Waals surface area contributed by atoms with Gasteiger partial charge in [0, 0.05) is 45.3 Å². The van der Waals surface area contributed by atoms with E-state index in [9.17, 15) is 5.11 Å². The van der Waals surface area contributed by atoms with Crippen LogP contribution in [0.5, 0.6) is 17.4 Å². The molecular formula is C34H21N3O2. The standard InChI is InChI=1S/C34H21N3O2/c38-34-26-10-4-3-8-22(26)17-23-13-16-32(36-33(23)34)39-25-14-15-28-27-11-5-6-12-29(27)37(30(28)19-25)31-18-21-7-1-2-9-24(21)20-35-31/h1-20,38H. The Labute approximate surface area is 223 Å². The van der Waals surface area contributed by atoms with Crippen LogP contribution in [0.2, 0.25) is 0 Å². The molecule has 0 bridgehead atoms. The number of phenolic OH excluding ortho intramolecular Hbond substituents is 1. The van der Waals surface area contributed by atoms with Gasteiger partial charge in [-0.05, 0) is 47.2 Å². The lowest BCUT2D eigenvalue weighted by molar-refractivity contribution is 0.461. The molecule has 0 aliphatic heterocycles. The summed E-state index contributed by atoms with van der Waals surface area (Å²) in [6.45, 7) is 0. The van der Waals surface area contributed by atoms with E-state index < -0.39 is 0 Å². The highest BCUT2D eigenvalue weighted by atomic mass is 16.5. The summed E-state index contributed by atoms with van der Waals surface area (Å²) in [5.74, 6) is 2.07. The van der Waals surface area contributed by atoms with Crippen LogP contribution >= 0.6 is 0 Å². The Bertz CT molecular complexity index is 2230. The fraction of sp³-hybridized carbons (Fsp3) is 0. The molecule has 0 radical (unpaired) electrons. The number of hydrogen-bond acceptors (Lipinski definition) is 4. The number of phenols is 1. The van der Waals surface area contributed by atoms with Crippen molar-refractivity contribution in [2.75, 3.05) is 0 Å². The van der Waals surface area contributed by atoms with Gasteiger partial charge in [-0.2, -0.15) is 0 Å². The van der Waals surface area contributed by atoms with Gasteiger partial charge in [0.15, 0.2) is 0 Å². The summed E-state index contributed by atoms with van der Waals surface area (Å²) in [6.07, 6.45) is 1.92. The second-order valence-electron chi connectivity index (χ2n) is 9.69. The molecule has 0 aliphatic carbocycles. The maximum absolute atomic E-state index is 10.9. The molecule has 1 N–H and O–H groups in total. The van der Waals surface area contributed by atoms with E-state index in [1.165, 1.54) is 0 Å². The minimum Gasteiger partial charge on any atom is -0.505 e. The Hall–Kier alpha value is -5.42. The summed E-state index contributed by atoms with van der Waals surface area (Å²) in [5, 5.41) is 18.0. The maximum atomic E-state index is 10.9. The zero-order valence-corrected chi connectivity index (χ0v) is 20.7. The minimum atomic E-state index is 0.159. The third-order valence-electron chi connectivity index (χ3n) is 7.37. The van der Waals surface area contributed by atoms with Crippen molar-refractivity contribution >= 4 is 54.3 Å². The number of aromatic hydroxyl groups is 1. The molecule has 0 spiro atoms. The average molecular weight is 504 g/mol. The van der Waals surface area contributed by atoms with Crippen LogP contribution < -0.4 is 4.74 Å². The molecule has 0 atom stereocenters. The summed E-state index contributed by atoms with van der Waals surface area (Å²) in [4.78, 5) is 9.48. The molecule has 0 unspecified atom stereocenters. The van der Waals surface area contributed by atoms with Gasteiger partial charge in [-0.1, -0.05) is 66.7 Å². The van der Waals surface area contributed by atoms with Crippen molar-refractivity contribution in [3.05, 3.63) is 121 Å². The number of nitrogens with zero attached hydrogens (tertiary/aromatic N) is 3. The molecule has 0 saturated heterocycles. The third-order valence-corrected chi connectivity index (χ3v) is 7.37. The van der Waals surface area contributed by atoms with Crippen LogP contribution in [-0.4, -0.2) is 19.6 Å². The molecule has 0 saturated carbocycles. The largest absolute Gasteiger partial charge is 0.505 e. The van der Waals surface area contributed by atoms with Crippen molar-refractivity contribution in [1.29, 1.82) is 0 Å². The van der Waals surface area contributed by atoms with Crippen LogP contribution in [0.4, 0.5) is 0 Å². The van der Waals surface area contributed by atoms with E-state index in [0.29, 0.717) is 17.1 Å². The van der Waals surface area contributed by atoms with Crippen molar-refractivity contribution < 1.29 is 9.84 Å². The topological polar surface area (TPSA) is 60.2 Å². The van der Waals surface area contributed by atoms with E-state index in [2.05, 4.69) is 52.0 Å². The zero-order valence-electron chi connectivity index (χ0n) is 20.7. The van der Waals surface area contributed by atoms with Crippen LogP contribution in [0.1, 0.15) is 0 Å². The fourth-order valence-electron chi connectivity index (χ4n) is 5.52. The predicted octanol–water partition coefficient (Wildman–Crippen LogP) is 8.53. The number of pyridine rings is 2. The SMILES string of the molecule is Oc1c2ccccc2cc2ccc(Oc3ccc4c5ccccc5n(-c5cc6ccccc6cn5)c4c3)nc12. The minimum absolute atomic E-state index is 0.159. The van der Waals surface area contributed by atoms with Crippen molar-refractivity contribution in [2.45, 2.75) is 0 Å². The van der Waals surface area contributed by atoms with Gasteiger partial charge in [-0.15, -0.1) is 0 Å². The third kappa shape index (κ3) is 3.41. The Morgan fingerprint density at radius 3 is 2.23 bits per heavy atom. The van der Waals surface area contributed by atoms with E-state index in [-0.39, 0.29) is 5.75 Å². The molecule has 0 fully saturated rings. The van der Waals surface area contributed by atoms with Crippen molar-refractivity contribution in [3.63, 3.8) is 0 Å². The molecule has 5 aromatic carbocycles. The Morgan fingerprint density at radius 1 is 0.590 bits per heavy atom. The quantitative estimate of drug-likeness (QED) is 0.246. The van der Waals surface area contributed by atoms with Crippen molar-refractivity contribution in [3.8, 4) is 23.2 Å². The Morgan fingerprint density at radius 2 is 1.33 bits per heavy atom. The first-order valence-electron chi connectivity index (χ1n) is 12.8. The number of aromatic nitrogens is 3. The summed E-state index contributed by atoms with van der Waals surface area (Å²) in [7, 11) is 0. The zero-order chi connectivity index (χ0) is 25.9. The highest BCUT2D eigenvalue weighted by Gasteiger charge is 2.15. The molecule has 184 valence electrons. The predicted molar refractivity (Wildman–Crippen MR) is 157 cm³/mol. The molecule has 0 amide bonds. The summed E-state index contributed by atoms with van der Waals surface area (Å²) < 4.78 is 8.44. The molecule has 3 aromatic heterocycles. The van der Waals surface area contributed by atoms with Gasteiger partial charge >= 0.3 is 0 Å². The number of hydrogen-bond donors (Lipinski definition) is 1. The lowest BCUT2D eigenvalue weighted by Gasteiger charge is -2.10. The van der Waals surface area contributed by atoms with Crippen LogP contribution in [0.15, 0.2) is 121 Å². The first kappa shape index (κ1) is 21.6. The monoisotopic (exact) mass is 503 g/mol. The number of ether oxygens (including phenoxy) is 1. The molecule has 5 nitrogen and oxygen atoms in total. The number of fused-ring (bicyclic) bond motifs is 6. The second kappa shape index (κ2) is 8.30. The first-order chi connectivity index (χ1) is 19.2. The summed E-state index contributed by atoms with van der Waals surface area (Å²) >= 11 is 0. The fourth-order valence-corrected chi connectivity index (χ4v) is 5.52. The maximum Gasteiger partial charge on any atom is 0.219 e. The van der Waals surface area contributed by atoms with Crippen LogP contribution in [0, 0.1) is 0 Å². The number of rotatable bonds is 3. The molecule has 39 heavy (non-hydrogen) atoms.